The van der Waals surface area contributed by atoms with Crippen LogP contribution in [-0.4, -0.2) is 28.5 Å². The molecular weight excluding hydrogens is 224 g/mol. The standard InChI is InChI=1S/C11H16N2O4/c1-3-8-10(13-6-17-8)11(16)12-5-7(2)4-9(14)15/h6-7H,3-5H2,1-2H3,(H,12,16)(H,14,15). The van der Waals surface area contributed by atoms with Crippen LogP contribution < -0.4 is 5.32 Å². The highest BCUT2D eigenvalue weighted by Crippen LogP contribution is 2.07. The molecule has 0 aromatic carbocycles. The smallest absolute Gasteiger partial charge is 0.303 e. The van der Waals surface area contributed by atoms with Crippen LogP contribution in [0.3, 0.4) is 0 Å². The molecule has 6 nitrogen and oxygen atoms in total. The van der Waals surface area contributed by atoms with Crippen LogP contribution in [0.15, 0.2) is 10.8 Å². The molecule has 0 bridgehead atoms. The number of rotatable bonds is 6. The lowest BCUT2D eigenvalue weighted by Gasteiger charge is -2.09. The highest BCUT2D eigenvalue weighted by atomic mass is 16.4. The Morgan fingerprint density at radius 1 is 1.59 bits per heavy atom. The van der Waals surface area contributed by atoms with Gasteiger partial charge in [-0.1, -0.05) is 13.8 Å². The van der Waals surface area contributed by atoms with Crippen molar-refractivity contribution < 1.29 is 19.1 Å². The van der Waals surface area contributed by atoms with Gasteiger partial charge in [-0.25, -0.2) is 4.98 Å². The fraction of sp³-hybridized carbons (Fsp3) is 0.545. The van der Waals surface area contributed by atoms with Crippen LogP contribution in [-0.2, 0) is 11.2 Å². The van der Waals surface area contributed by atoms with E-state index < -0.39 is 5.97 Å². The molecule has 0 spiro atoms. The quantitative estimate of drug-likeness (QED) is 0.776. The second kappa shape index (κ2) is 6.03. The highest BCUT2D eigenvalue weighted by molar-refractivity contribution is 5.93. The monoisotopic (exact) mass is 240 g/mol. The van der Waals surface area contributed by atoms with Gasteiger partial charge in [0.15, 0.2) is 12.1 Å². The summed E-state index contributed by atoms with van der Waals surface area (Å²) in [6, 6.07) is 0. The molecule has 0 radical (unpaired) electrons. The molecule has 0 saturated carbocycles. The van der Waals surface area contributed by atoms with Gasteiger partial charge < -0.3 is 14.8 Å². The predicted molar refractivity (Wildman–Crippen MR) is 59.6 cm³/mol. The number of hydrogen-bond acceptors (Lipinski definition) is 4. The molecular formula is C11H16N2O4. The number of aromatic nitrogens is 1. The number of carboxylic acids is 1. The third-order valence-electron chi connectivity index (χ3n) is 2.31. The first-order chi connectivity index (χ1) is 8.04. The number of oxazole rings is 1. The first kappa shape index (κ1) is 13.2. The zero-order valence-corrected chi connectivity index (χ0v) is 9.90. The summed E-state index contributed by atoms with van der Waals surface area (Å²) in [4.78, 5) is 26.0. The Morgan fingerprint density at radius 3 is 2.88 bits per heavy atom. The predicted octanol–water partition coefficient (Wildman–Crippen LogP) is 1.08. The van der Waals surface area contributed by atoms with E-state index in [-0.39, 0.29) is 23.9 Å². The lowest BCUT2D eigenvalue weighted by atomic mass is 10.1. The number of amides is 1. The van der Waals surface area contributed by atoms with Gasteiger partial charge in [0.1, 0.15) is 5.76 Å². The Balaban J connectivity index is 2.47. The third-order valence-corrected chi connectivity index (χ3v) is 2.31. The minimum absolute atomic E-state index is 0.0275. The average molecular weight is 240 g/mol. The van der Waals surface area contributed by atoms with E-state index in [1.165, 1.54) is 6.39 Å². The summed E-state index contributed by atoms with van der Waals surface area (Å²) >= 11 is 0. The van der Waals surface area contributed by atoms with E-state index in [1.807, 2.05) is 6.92 Å². The summed E-state index contributed by atoms with van der Waals surface area (Å²) in [6.45, 7) is 3.93. The Kier molecular flexibility index (Phi) is 4.68. The number of aliphatic carboxylic acids is 1. The zero-order valence-electron chi connectivity index (χ0n) is 9.90. The van der Waals surface area contributed by atoms with Crippen LogP contribution in [0.2, 0.25) is 0 Å². The molecule has 17 heavy (non-hydrogen) atoms. The van der Waals surface area contributed by atoms with E-state index in [0.717, 1.165) is 0 Å². The van der Waals surface area contributed by atoms with Crippen LogP contribution in [0.25, 0.3) is 0 Å². The van der Waals surface area contributed by atoms with E-state index in [4.69, 9.17) is 9.52 Å². The third kappa shape index (κ3) is 3.90. The summed E-state index contributed by atoms with van der Waals surface area (Å²) in [6.07, 6.45) is 1.85. The molecule has 94 valence electrons. The molecule has 1 heterocycles. The first-order valence-corrected chi connectivity index (χ1v) is 5.47. The maximum atomic E-state index is 11.7. The van der Waals surface area contributed by atoms with E-state index in [0.29, 0.717) is 18.7 Å². The van der Waals surface area contributed by atoms with Crippen molar-refractivity contribution in [2.24, 2.45) is 5.92 Å². The topological polar surface area (TPSA) is 92.4 Å². The molecule has 1 aromatic rings. The summed E-state index contributed by atoms with van der Waals surface area (Å²) in [5, 5.41) is 11.2. The first-order valence-electron chi connectivity index (χ1n) is 5.47. The molecule has 1 unspecified atom stereocenters. The molecule has 1 amide bonds. The summed E-state index contributed by atoms with van der Waals surface area (Å²) in [7, 11) is 0. The molecule has 1 aromatic heterocycles. The van der Waals surface area contributed by atoms with Gasteiger partial charge in [-0.15, -0.1) is 0 Å². The lowest BCUT2D eigenvalue weighted by Crippen LogP contribution is -2.30. The van der Waals surface area contributed by atoms with E-state index in [1.54, 1.807) is 6.92 Å². The molecule has 1 atom stereocenters. The van der Waals surface area contributed by atoms with Gasteiger partial charge >= 0.3 is 5.97 Å². The number of carboxylic acid groups (broad SMARTS) is 1. The summed E-state index contributed by atoms with van der Waals surface area (Å²) in [5.41, 5.74) is 0.273. The van der Waals surface area contributed by atoms with Crippen molar-refractivity contribution in [3.63, 3.8) is 0 Å². The Bertz CT molecular complexity index is 400. The number of carbonyl (C=O) groups excluding carboxylic acids is 1. The second-order valence-electron chi connectivity index (χ2n) is 3.89. The number of carbonyl (C=O) groups is 2. The molecule has 0 aliphatic rings. The minimum atomic E-state index is -0.873. The number of nitrogens with zero attached hydrogens (tertiary/aromatic N) is 1. The van der Waals surface area contributed by atoms with Gasteiger partial charge in [0.2, 0.25) is 0 Å². The molecule has 0 fully saturated rings. The van der Waals surface area contributed by atoms with Gasteiger partial charge in [0, 0.05) is 19.4 Å². The van der Waals surface area contributed by atoms with Crippen LogP contribution in [0.5, 0.6) is 0 Å². The van der Waals surface area contributed by atoms with Crippen LogP contribution >= 0.6 is 0 Å². The van der Waals surface area contributed by atoms with Crippen LogP contribution in [0.1, 0.15) is 36.5 Å². The van der Waals surface area contributed by atoms with Crippen molar-refractivity contribution in [3.05, 3.63) is 17.8 Å². The fourth-order valence-electron chi connectivity index (χ4n) is 1.43. The second-order valence-corrected chi connectivity index (χ2v) is 3.89. The Morgan fingerprint density at radius 2 is 2.29 bits per heavy atom. The van der Waals surface area contributed by atoms with E-state index in [2.05, 4.69) is 10.3 Å². The maximum Gasteiger partial charge on any atom is 0.303 e. The molecule has 2 N–H and O–H groups in total. The van der Waals surface area contributed by atoms with Gasteiger partial charge in [0.25, 0.3) is 5.91 Å². The van der Waals surface area contributed by atoms with Crippen molar-refractivity contribution in [1.29, 1.82) is 0 Å². The largest absolute Gasteiger partial charge is 0.481 e. The van der Waals surface area contributed by atoms with Crippen molar-refractivity contribution in [2.75, 3.05) is 6.54 Å². The van der Waals surface area contributed by atoms with Crippen molar-refractivity contribution in [1.82, 2.24) is 10.3 Å². The molecule has 0 aliphatic carbocycles. The van der Waals surface area contributed by atoms with E-state index >= 15 is 0 Å². The maximum absolute atomic E-state index is 11.7. The zero-order chi connectivity index (χ0) is 12.8. The summed E-state index contributed by atoms with van der Waals surface area (Å²) in [5.74, 6) is -0.780. The molecule has 0 saturated heterocycles. The Labute approximate surface area is 99.0 Å². The molecule has 1 rings (SSSR count). The van der Waals surface area contributed by atoms with Crippen molar-refractivity contribution in [2.45, 2.75) is 26.7 Å². The minimum Gasteiger partial charge on any atom is -0.481 e. The average Bonchev–Trinajstić information content (AvgIpc) is 2.72. The molecule has 6 heteroatoms. The van der Waals surface area contributed by atoms with Crippen molar-refractivity contribution >= 4 is 11.9 Å². The van der Waals surface area contributed by atoms with Gasteiger partial charge in [-0.05, 0) is 5.92 Å². The van der Waals surface area contributed by atoms with Crippen LogP contribution in [0.4, 0.5) is 0 Å². The number of aryl methyl sites for hydroxylation is 1. The van der Waals surface area contributed by atoms with Crippen molar-refractivity contribution in [3.8, 4) is 0 Å². The number of nitrogens with one attached hydrogen (secondary N) is 1. The van der Waals surface area contributed by atoms with Gasteiger partial charge in [0.05, 0.1) is 0 Å². The molecule has 0 aliphatic heterocycles. The SMILES string of the molecule is CCc1ocnc1C(=O)NCC(C)CC(=O)O. The Hall–Kier alpha value is -1.85. The van der Waals surface area contributed by atoms with Gasteiger partial charge in [-0.3, -0.25) is 9.59 Å². The number of hydrogen-bond donors (Lipinski definition) is 2. The summed E-state index contributed by atoms with van der Waals surface area (Å²) < 4.78 is 5.04. The van der Waals surface area contributed by atoms with Crippen LogP contribution in [0, 0.1) is 5.92 Å². The van der Waals surface area contributed by atoms with Gasteiger partial charge in [-0.2, -0.15) is 0 Å². The lowest BCUT2D eigenvalue weighted by molar-refractivity contribution is -0.137. The van der Waals surface area contributed by atoms with E-state index in [9.17, 15) is 9.59 Å². The fourth-order valence-corrected chi connectivity index (χ4v) is 1.43. The highest BCUT2D eigenvalue weighted by Gasteiger charge is 2.16. The normalized spacial score (nSPS) is 12.1.